The zero-order chi connectivity index (χ0) is 34.3. The molecule has 0 bridgehead atoms. The molecule has 11 heteroatoms. The van der Waals surface area contributed by atoms with Gasteiger partial charge in [-0.05, 0) is 55.5 Å². The lowest BCUT2D eigenvalue weighted by molar-refractivity contribution is -0.179. The third kappa shape index (κ3) is 9.81. The molecular formula is C36H45ClN2O8. The molecule has 254 valence electrons. The molecule has 2 aliphatic heterocycles. The van der Waals surface area contributed by atoms with E-state index in [-0.39, 0.29) is 49.9 Å². The van der Waals surface area contributed by atoms with Crippen molar-refractivity contribution < 1.29 is 38.1 Å². The molecule has 2 aliphatic rings. The number of carbonyl (C=O) groups excluding carboxylic acids is 4. The number of methoxy groups -OCH3 is 1. The predicted molar refractivity (Wildman–Crippen MR) is 177 cm³/mol. The number of amides is 2. The number of cyclic esters (lactones) is 2. The first-order valence-corrected chi connectivity index (χ1v) is 16.4. The molecule has 47 heavy (non-hydrogen) atoms. The number of hydrogen-bond acceptors (Lipinski definition) is 8. The fraction of sp³-hybridized carbons (Fsp3) is 0.500. The molecule has 0 aliphatic carbocycles. The average molecular weight is 669 g/mol. The van der Waals surface area contributed by atoms with Gasteiger partial charge in [0.15, 0.2) is 6.10 Å². The summed E-state index contributed by atoms with van der Waals surface area (Å²) in [7, 11) is 1.51. The Kier molecular flexibility index (Phi) is 12.1. The van der Waals surface area contributed by atoms with E-state index in [0.717, 1.165) is 5.56 Å². The number of halogens is 1. The number of benzene rings is 2. The fourth-order valence-electron chi connectivity index (χ4n) is 5.46. The Bertz CT molecular complexity index is 1460. The summed E-state index contributed by atoms with van der Waals surface area (Å²) in [6.45, 7) is 8.92. The minimum atomic E-state index is -1.20. The second kappa shape index (κ2) is 15.8. The van der Waals surface area contributed by atoms with E-state index in [1.165, 1.54) is 13.2 Å². The van der Waals surface area contributed by atoms with Crippen LogP contribution in [0, 0.1) is 17.3 Å². The van der Waals surface area contributed by atoms with Gasteiger partial charge in [0.1, 0.15) is 24.0 Å². The summed E-state index contributed by atoms with van der Waals surface area (Å²) in [6.07, 6.45) is 1.34. The van der Waals surface area contributed by atoms with Crippen LogP contribution in [0.3, 0.4) is 0 Å². The monoisotopic (exact) mass is 668 g/mol. The van der Waals surface area contributed by atoms with Crippen molar-refractivity contribution in [2.75, 3.05) is 13.7 Å². The molecule has 0 spiro atoms. The lowest BCUT2D eigenvalue weighted by atomic mass is 9.92. The third-order valence-electron chi connectivity index (χ3n) is 8.41. The molecule has 0 unspecified atom stereocenters. The highest BCUT2D eigenvalue weighted by atomic mass is 35.5. The number of esters is 2. The first-order valence-electron chi connectivity index (χ1n) is 16.0. The Labute approximate surface area is 281 Å². The van der Waals surface area contributed by atoms with E-state index in [9.17, 15) is 19.2 Å². The Morgan fingerprint density at radius 2 is 1.74 bits per heavy atom. The number of carbonyl (C=O) groups is 4. The zero-order valence-corrected chi connectivity index (χ0v) is 28.5. The standard InChI is InChI=1S/C36H45ClN2O8/c1-21(2)17-29-34(42)45-27(22(3)31-32(47-31)24-11-8-7-9-12-24)13-10-14-30(40)39-26(19-23-15-16-28(44-6)25(37)18-23)33(41)38-20-36(4,5)35(43)46-29/h7-12,14-16,18,21-22,26-27,29,31-32H,13,17,19-20H2,1-6H3,(H,38,41)(H,39,40)/b14-10+/t22-,26+,27-,29-,31+,32+/m0/s1. The molecule has 1 fully saturated rings. The van der Waals surface area contributed by atoms with E-state index in [1.54, 1.807) is 38.1 Å². The molecule has 0 aromatic heterocycles. The van der Waals surface area contributed by atoms with Crippen molar-refractivity contribution in [1.82, 2.24) is 10.6 Å². The maximum Gasteiger partial charge on any atom is 0.347 e. The number of ether oxygens (including phenoxy) is 4. The van der Waals surface area contributed by atoms with Crippen LogP contribution >= 0.6 is 11.6 Å². The molecule has 2 aromatic carbocycles. The van der Waals surface area contributed by atoms with Crippen molar-refractivity contribution in [1.29, 1.82) is 0 Å². The van der Waals surface area contributed by atoms with Crippen LogP contribution in [0.4, 0.5) is 0 Å². The van der Waals surface area contributed by atoms with Gasteiger partial charge in [0.05, 0.1) is 23.7 Å². The normalized spacial score (nSPS) is 26.8. The first-order chi connectivity index (χ1) is 22.3. The first kappa shape index (κ1) is 36.0. The van der Waals surface area contributed by atoms with E-state index < -0.39 is 47.4 Å². The summed E-state index contributed by atoms with van der Waals surface area (Å²) in [5.41, 5.74) is 0.524. The highest BCUT2D eigenvalue weighted by molar-refractivity contribution is 6.32. The highest BCUT2D eigenvalue weighted by Gasteiger charge is 2.48. The van der Waals surface area contributed by atoms with Gasteiger partial charge in [0.2, 0.25) is 11.8 Å². The molecule has 2 heterocycles. The second-order valence-corrected chi connectivity index (χ2v) is 13.7. The molecule has 2 aromatic rings. The SMILES string of the molecule is COc1ccc(C[C@H]2NC(=O)/C=C/C[C@@H]([C@H](C)[C@H]3O[C@@H]3c3ccccc3)OC(=O)[C@H](CC(C)C)OC(=O)C(C)(C)CNC2=O)cc1Cl. The Morgan fingerprint density at radius 3 is 2.40 bits per heavy atom. The van der Waals surface area contributed by atoms with Crippen LogP contribution < -0.4 is 15.4 Å². The summed E-state index contributed by atoms with van der Waals surface area (Å²) < 4.78 is 23.1. The summed E-state index contributed by atoms with van der Waals surface area (Å²) in [5.74, 6) is -2.06. The molecule has 0 saturated carbocycles. The maximum absolute atomic E-state index is 13.6. The number of epoxide rings is 1. The topological polar surface area (TPSA) is 133 Å². The summed E-state index contributed by atoms with van der Waals surface area (Å²) in [5, 5.41) is 5.91. The van der Waals surface area contributed by atoms with Crippen LogP contribution in [0.25, 0.3) is 0 Å². The molecule has 0 radical (unpaired) electrons. The van der Waals surface area contributed by atoms with Crippen LogP contribution in [0.5, 0.6) is 5.75 Å². The van der Waals surface area contributed by atoms with E-state index in [1.807, 2.05) is 51.1 Å². The van der Waals surface area contributed by atoms with Crippen LogP contribution in [0.1, 0.15) is 64.7 Å². The van der Waals surface area contributed by atoms with Crippen molar-refractivity contribution in [3.63, 3.8) is 0 Å². The molecule has 1 saturated heterocycles. The van der Waals surface area contributed by atoms with Crippen molar-refractivity contribution in [2.45, 2.75) is 84.3 Å². The molecule has 6 atom stereocenters. The second-order valence-electron chi connectivity index (χ2n) is 13.3. The minimum absolute atomic E-state index is 0.0228. The minimum Gasteiger partial charge on any atom is -0.495 e. The van der Waals surface area contributed by atoms with Crippen LogP contribution in [0.15, 0.2) is 60.7 Å². The van der Waals surface area contributed by atoms with Crippen molar-refractivity contribution in [3.8, 4) is 5.75 Å². The molecule has 2 N–H and O–H groups in total. The quantitative estimate of drug-likeness (QED) is 0.293. The molecule has 4 rings (SSSR count). The molecular weight excluding hydrogens is 624 g/mol. The van der Waals surface area contributed by atoms with Gasteiger partial charge in [-0.25, -0.2) is 4.79 Å². The van der Waals surface area contributed by atoms with E-state index >= 15 is 0 Å². The van der Waals surface area contributed by atoms with Gasteiger partial charge in [-0.3, -0.25) is 14.4 Å². The van der Waals surface area contributed by atoms with Crippen LogP contribution in [-0.4, -0.2) is 61.8 Å². The number of nitrogens with one attached hydrogen (secondary N) is 2. The molecule has 10 nitrogen and oxygen atoms in total. The Hall–Kier alpha value is -3.89. The van der Waals surface area contributed by atoms with E-state index in [0.29, 0.717) is 16.3 Å². The largest absolute Gasteiger partial charge is 0.495 e. The lowest BCUT2D eigenvalue weighted by Crippen LogP contribution is -2.51. The maximum atomic E-state index is 13.6. The van der Waals surface area contributed by atoms with Gasteiger partial charge in [0.25, 0.3) is 0 Å². The predicted octanol–water partition coefficient (Wildman–Crippen LogP) is 5.12. The zero-order valence-electron chi connectivity index (χ0n) is 27.8. The van der Waals surface area contributed by atoms with Crippen molar-refractivity contribution >= 4 is 35.4 Å². The van der Waals surface area contributed by atoms with Gasteiger partial charge in [-0.15, -0.1) is 0 Å². The smallest absolute Gasteiger partial charge is 0.347 e. The van der Waals surface area contributed by atoms with E-state index in [2.05, 4.69) is 10.6 Å². The van der Waals surface area contributed by atoms with Gasteiger partial charge in [0, 0.05) is 25.3 Å². The van der Waals surface area contributed by atoms with Gasteiger partial charge >= 0.3 is 11.9 Å². The van der Waals surface area contributed by atoms with Gasteiger partial charge in [-0.2, -0.15) is 0 Å². The van der Waals surface area contributed by atoms with Gasteiger partial charge in [-0.1, -0.05) is 74.8 Å². The number of rotatable bonds is 8. The number of hydrogen-bond donors (Lipinski definition) is 2. The van der Waals surface area contributed by atoms with E-state index in [4.69, 9.17) is 30.5 Å². The Balaban J connectivity index is 1.61. The van der Waals surface area contributed by atoms with Crippen molar-refractivity contribution in [3.05, 3.63) is 76.8 Å². The lowest BCUT2D eigenvalue weighted by Gasteiger charge is -2.29. The highest BCUT2D eigenvalue weighted by Crippen LogP contribution is 2.45. The Morgan fingerprint density at radius 1 is 1.02 bits per heavy atom. The third-order valence-corrected chi connectivity index (χ3v) is 8.70. The van der Waals surface area contributed by atoms with Crippen LogP contribution in [-0.2, 0) is 39.8 Å². The van der Waals surface area contributed by atoms with Crippen LogP contribution in [0.2, 0.25) is 5.02 Å². The average Bonchev–Trinajstić information content (AvgIpc) is 3.83. The van der Waals surface area contributed by atoms with Gasteiger partial charge < -0.3 is 29.6 Å². The summed E-state index contributed by atoms with van der Waals surface area (Å²) in [6, 6.07) is 13.9. The van der Waals surface area contributed by atoms with Crippen molar-refractivity contribution in [2.24, 2.45) is 17.3 Å². The summed E-state index contributed by atoms with van der Waals surface area (Å²) >= 11 is 6.32. The summed E-state index contributed by atoms with van der Waals surface area (Å²) in [4.78, 5) is 53.6. The fourth-order valence-corrected chi connectivity index (χ4v) is 5.75. The molecule has 2 amide bonds.